The molecule has 0 bridgehead atoms. The molecule has 29 heavy (non-hydrogen) atoms. The fourth-order valence-electron chi connectivity index (χ4n) is 2.98. The molecule has 3 unspecified atom stereocenters. The lowest BCUT2D eigenvalue weighted by atomic mass is 10.0. The highest BCUT2D eigenvalue weighted by Gasteiger charge is 2.28. The normalized spacial score (nSPS) is 14.1. The minimum atomic E-state index is -1.11. The molecule has 0 fully saturated rings. The molecule has 0 heterocycles. The van der Waals surface area contributed by atoms with Gasteiger partial charge in [-0.3, -0.25) is 9.59 Å². The highest BCUT2D eigenvalue weighted by molar-refractivity contribution is 5.91. The van der Waals surface area contributed by atoms with Gasteiger partial charge in [0.25, 0.3) is 0 Å². The van der Waals surface area contributed by atoms with Gasteiger partial charge in [0.05, 0.1) is 6.04 Å². The van der Waals surface area contributed by atoms with Crippen molar-refractivity contribution in [3.63, 3.8) is 0 Å². The Balaban J connectivity index is 2.88. The summed E-state index contributed by atoms with van der Waals surface area (Å²) in [5, 5.41) is 14.6. The fourth-order valence-corrected chi connectivity index (χ4v) is 2.98. The molecule has 7 N–H and O–H groups in total. The molecular weight excluding hydrogens is 372 g/mol. The zero-order valence-corrected chi connectivity index (χ0v) is 17.3. The number of aliphatic carboxylic acids is 1. The predicted molar refractivity (Wildman–Crippen MR) is 112 cm³/mol. The fraction of sp³-hybridized carbons (Fsp3) is 0.571. The number of rotatable bonds is 13. The topological polar surface area (TPSA) is 148 Å². The van der Waals surface area contributed by atoms with E-state index in [2.05, 4.69) is 10.6 Å². The van der Waals surface area contributed by atoms with Crippen molar-refractivity contribution < 1.29 is 19.5 Å². The Hall–Kier alpha value is -2.45. The van der Waals surface area contributed by atoms with Crippen LogP contribution in [-0.4, -0.2) is 47.6 Å². The van der Waals surface area contributed by atoms with Crippen LogP contribution in [0.2, 0.25) is 0 Å². The monoisotopic (exact) mass is 406 g/mol. The molecular formula is C21H34N4O4. The van der Waals surface area contributed by atoms with Crippen molar-refractivity contribution in [3.8, 4) is 0 Å². The summed E-state index contributed by atoms with van der Waals surface area (Å²) < 4.78 is 0. The molecule has 8 nitrogen and oxygen atoms in total. The summed E-state index contributed by atoms with van der Waals surface area (Å²) >= 11 is 0. The second kappa shape index (κ2) is 12.9. The van der Waals surface area contributed by atoms with Gasteiger partial charge in [-0.1, -0.05) is 44.2 Å². The van der Waals surface area contributed by atoms with E-state index in [1.54, 1.807) is 0 Å². The lowest BCUT2D eigenvalue weighted by molar-refractivity contribution is -0.142. The van der Waals surface area contributed by atoms with Crippen LogP contribution in [0, 0.1) is 5.92 Å². The number of benzene rings is 1. The highest BCUT2D eigenvalue weighted by Crippen LogP contribution is 2.08. The number of carbonyl (C=O) groups is 3. The Bertz CT molecular complexity index is 651. The van der Waals surface area contributed by atoms with Gasteiger partial charge in [-0.2, -0.15) is 0 Å². The molecule has 0 aromatic heterocycles. The number of nitrogens with one attached hydrogen (secondary N) is 2. The van der Waals surface area contributed by atoms with E-state index < -0.39 is 35.9 Å². The lowest BCUT2D eigenvalue weighted by Gasteiger charge is -2.23. The van der Waals surface area contributed by atoms with Gasteiger partial charge in [0, 0.05) is 6.42 Å². The summed E-state index contributed by atoms with van der Waals surface area (Å²) in [7, 11) is 0. The Morgan fingerprint density at radius 2 is 1.62 bits per heavy atom. The van der Waals surface area contributed by atoms with Crippen molar-refractivity contribution in [3.05, 3.63) is 35.9 Å². The molecule has 1 aromatic carbocycles. The van der Waals surface area contributed by atoms with Crippen molar-refractivity contribution >= 4 is 17.8 Å². The summed E-state index contributed by atoms with van der Waals surface area (Å²) in [4.78, 5) is 36.8. The second-order valence-electron chi connectivity index (χ2n) is 7.67. The summed E-state index contributed by atoms with van der Waals surface area (Å²) in [5.74, 6) is -1.85. The summed E-state index contributed by atoms with van der Waals surface area (Å²) in [5.41, 5.74) is 12.2. The van der Waals surface area contributed by atoms with Crippen LogP contribution in [-0.2, 0) is 20.8 Å². The summed E-state index contributed by atoms with van der Waals surface area (Å²) in [6, 6.07) is 6.53. The van der Waals surface area contributed by atoms with Crippen LogP contribution in [0.1, 0.15) is 45.1 Å². The van der Waals surface area contributed by atoms with Crippen molar-refractivity contribution in [2.75, 3.05) is 6.54 Å². The largest absolute Gasteiger partial charge is 0.480 e. The van der Waals surface area contributed by atoms with E-state index >= 15 is 0 Å². The van der Waals surface area contributed by atoms with Crippen LogP contribution in [0.15, 0.2) is 30.3 Å². The van der Waals surface area contributed by atoms with Crippen LogP contribution in [0.3, 0.4) is 0 Å². The Morgan fingerprint density at radius 3 is 2.17 bits per heavy atom. The minimum absolute atomic E-state index is 0.232. The molecule has 0 aliphatic heterocycles. The van der Waals surface area contributed by atoms with Crippen LogP contribution in [0.5, 0.6) is 0 Å². The van der Waals surface area contributed by atoms with Gasteiger partial charge in [-0.15, -0.1) is 0 Å². The van der Waals surface area contributed by atoms with E-state index in [4.69, 9.17) is 11.5 Å². The Morgan fingerprint density at radius 1 is 1.00 bits per heavy atom. The molecule has 0 radical (unpaired) electrons. The van der Waals surface area contributed by atoms with Crippen LogP contribution >= 0.6 is 0 Å². The number of amides is 2. The maximum Gasteiger partial charge on any atom is 0.326 e. The number of carboxylic acid groups (broad SMARTS) is 1. The molecule has 0 aliphatic carbocycles. The van der Waals surface area contributed by atoms with Gasteiger partial charge < -0.3 is 27.2 Å². The lowest BCUT2D eigenvalue weighted by Crippen LogP contribution is -2.55. The third-order valence-electron chi connectivity index (χ3n) is 4.54. The van der Waals surface area contributed by atoms with Crippen LogP contribution in [0.4, 0.5) is 0 Å². The van der Waals surface area contributed by atoms with E-state index in [0.717, 1.165) is 5.56 Å². The van der Waals surface area contributed by atoms with Gasteiger partial charge in [-0.25, -0.2) is 4.79 Å². The average Bonchev–Trinajstić information content (AvgIpc) is 2.66. The first kappa shape index (κ1) is 24.6. The first-order valence-corrected chi connectivity index (χ1v) is 10.1. The van der Waals surface area contributed by atoms with E-state index in [9.17, 15) is 19.5 Å². The Labute approximate surface area is 172 Å². The quantitative estimate of drug-likeness (QED) is 0.306. The number of hydrogen-bond acceptors (Lipinski definition) is 5. The summed E-state index contributed by atoms with van der Waals surface area (Å²) in [6.45, 7) is 4.38. The highest BCUT2D eigenvalue weighted by atomic mass is 16.4. The van der Waals surface area contributed by atoms with Gasteiger partial charge in [0.1, 0.15) is 12.1 Å². The maximum absolute atomic E-state index is 12.8. The zero-order valence-electron chi connectivity index (χ0n) is 17.3. The van der Waals surface area contributed by atoms with Gasteiger partial charge in [0.2, 0.25) is 11.8 Å². The minimum Gasteiger partial charge on any atom is -0.480 e. The molecule has 8 heteroatoms. The third kappa shape index (κ3) is 9.54. The number of hydrogen-bond donors (Lipinski definition) is 5. The van der Waals surface area contributed by atoms with E-state index in [-0.39, 0.29) is 18.8 Å². The number of carboxylic acids is 1. The first-order chi connectivity index (χ1) is 13.7. The standard InChI is InChI=1S/C21H34N4O4/c1-14(2)12-16(23)19(26)25-18(13-15-8-4-3-5-9-15)20(27)24-17(21(28)29)10-6-7-11-22/h3-5,8-9,14,16-18H,6-7,10-13,22-23H2,1-2H3,(H,24,27)(H,25,26)(H,28,29). The van der Waals surface area contributed by atoms with Crippen LogP contribution < -0.4 is 22.1 Å². The molecule has 0 spiro atoms. The molecule has 0 saturated carbocycles. The maximum atomic E-state index is 12.8. The number of carbonyl (C=O) groups excluding carboxylic acids is 2. The predicted octanol–water partition coefficient (Wildman–Crippen LogP) is 0.786. The molecule has 0 aliphatic rings. The number of nitrogens with two attached hydrogens (primary N) is 2. The Kier molecular flexibility index (Phi) is 10.9. The van der Waals surface area contributed by atoms with Crippen molar-refractivity contribution in [1.82, 2.24) is 10.6 Å². The van der Waals surface area contributed by atoms with Gasteiger partial charge in [0.15, 0.2) is 0 Å². The van der Waals surface area contributed by atoms with E-state index in [1.807, 2.05) is 44.2 Å². The molecule has 0 saturated heterocycles. The molecule has 162 valence electrons. The zero-order chi connectivity index (χ0) is 21.8. The SMILES string of the molecule is CC(C)CC(N)C(=O)NC(Cc1ccccc1)C(=O)NC(CCCCN)C(=O)O. The van der Waals surface area contributed by atoms with E-state index in [0.29, 0.717) is 25.8 Å². The first-order valence-electron chi connectivity index (χ1n) is 10.1. The molecule has 1 aromatic rings. The van der Waals surface area contributed by atoms with Crippen LogP contribution in [0.25, 0.3) is 0 Å². The third-order valence-corrected chi connectivity index (χ3v) is 4.54. The molecule has 2 amide bonds. The van der Waals surface area contributed by atoms with Crippen molar-refractivity contribution in [2.45, 2.75) is 64.1 Å². The smallest absolute Gasteiger partial charge is 0.326 e. The van der Waals surface area contributed by atoms with Gasteiger partial charge >= 0.3 is 5.97 Å². The summed E-state index contributed by atoms with van der Waals surface area (Å²) in [6.07, 6.45) is 2.26. The van der Waals surface area contributed by atoms with E-state index in [1.165, 1.54) is 0 Å². The second-order valence-corrected chi connectivity index (χ2v) is 7.67. The van der Waals surface area contributed by atoms with Gasteiger partial charge in [-0.05, 0) is 43.7 Å². The van der Waals surface area contributed by atoms with Crippen molar-refractivity contribution in [2.24, 2.45) is 17.4 Å². The molecule has 3 atom stereocenters. The van der Waals surface area contributed by atoms with Crippen molar-refractivity contribution in [1.29, 1.82) is 0 Å². The number of unbranched alkanes of at least 4 members (excludes halogenated alkanes) is 1. The average molecular weight is 407 g/mol. The molecule has 1 rings (SSSR count).